The highest BCUT2D eigenvalue weighted by Gasteiger charge is 2.19. The average Bonchev–Trinajstić information content (AvgIpc) is 2.47. The van der Waals surface area contributed by atoms with Crippen LogP contribution >= 0.6 is 15.9 Å². The summed E-state index contributed by atoms with van der Waals surface area (Å²) in [7, 11) is 0. The van der Waals surface area contributed by atoms with E-state index in [1.54, 1.807) is 0 Å². The van der Waals surface area contributed by atoms with Crippen molar-refractivity contribution >= 4 is 21.6 Å². The number of benzene rings is 1. The van der Waals surface area contributed by atoms with Crippen LogP contribution in [0.4, 0.5) is 5.69 Å². The molecule has 0 aromatic heterocycles. The van der Waals surface area contributed by atoms with Gasteiger partial charge in [-0.05, 0) is 18.2 Å². The molecule has 5 nitrogen and oxygen atoms in total. The molecule has 1 aromatic carbocycles. The molecule has 0 spiro atoms. The molecule has 14 heavy (non-hydrogen) atoms. The van der Waals surface area contributed by atoms with Crippen molar-refractivity contribution in [2.75, 3.05) is 5.06 Å². The summed E-state index contributed by atoms with van der Waals surface area (Å²) in [6.45, 7) is 0. The molecule has 0 radical (unpaired) electrons. The van der Waals surface area contributed by atoms with E-state index in [0.29, 0.717) is 5.23 Å². The smallest absolute Gasteiger partial charge is 0.176 e. The van der Waals surface area contributed by atoms with E-state index in [4.69, 9.17) is 15.9 Å². The molecule has 0 unspecified atom stereocenters. The molecule has 1 aromatic rings. The first-order valence-electron chi connectivity index (χ1n) is 3.86. The summed E-state index contributed by atoms with van der Waals surface area (Å²) in [6.07, 6.45) is 1.47. The average molecular weight is 258 g/mol. The Balaban J connectivity index is 2.26. The van der Waals surface area contributed by atoms with E-state index >= 15 is 0 Å². The monoisotopic (exact) mass is 257 g/mol. The summed E-state index contributed by atoms with van der Waals surface area (Å²) in [5, 5.41) is 10.9. The van der Waals surface area contributed by atoms with Gasteiger partial charge in [0.25, 0.3) is 0 Å². The SMILES string of the molecule is NC1=CN(c2cccc(Br)c2)ON1O. The van der Waals surface area contributed by atoms with Crippen LogP contribution < -0.4 is 10.8 Å². The van der Waals surface area contributed by atoms with Crippen LogP contribution in [0.5, 0.6) is 0 Å². The number of hydroxylamine groups is 3. The summed E-state index contributed by atoms with van der Waals surface area (Å²) >= 11 is 3.33. The maximum Gasteiger partial charge on any atom is 0.176 e. The van der Waals surface area contributed by atoms with Crippen molar-refractivity contribution < 1.29 is 10.1 Å². The van der Waals surface area contributed by atoms with Gasteiger partial charge in [0.05, 0.1) is 11.9 Å². The van der Waals surface area contributed by atoms with Gasteiger partial charge in [0.15, 0.2) is 5.82 Å². The molecule has 1 aliphatic rings. The van der Waals surface area contributed by atoms with Gasteiger partial charge in [0, 0.05) is 4.47 Å². The molecule has 0 fully saturated rings. The minimum atomic E-state index is 0.130. The van der Waals surface area contributed by atoms with Gasteiger partial charge in [-0.2, -0.15) is 5.06 Å². The molecule has 74 valence electrons. The number of hydrogen-bond donors (Lipinski definition) is 2. The summed E-state index contributed by atoms with van der Waals surface area (Å²) in [5.74, 6) is 0.130. The van der Waals surface area contributed by atoms with Crippen LogP contribution in [0.3, 0.4) is 0 Å². The zero-order valence-corrected chi connectivity index (χ0v) is 8.68. The van der Waals surface area contributed by atoms with Gasteiger partial charge in [0.2, 0.25) is 0 Å². The van der Waals surface area contributed by atoms with Crippen molar-refractivity contribution in [2.45, 2.75) is 0 Å². The quantitative estimate of drug-likeness (QED) is 0.800. The Morgan fingerprint density at radius 1 is 1.43 bits per heavy atom. The highest BCUT2D eigenvalue weighted by molar-refractivity contribution is 9.10. The molecule has 0 atom stereocenters. The summed E-state index contributed by atoms with van der Waals surface area (Å²) in [5.41, 5.74) is 6.17. The van der Waals surface area contributed by atoms with Crippen LogP contribution in [-0.2, 0) is 4.94 Å². The van der Waals surface area contributed by atoms with Crippen molar-refractivity contribution in [3.63, 3.8) is 0 Å². The first kappa shape index (κ1) is 9.32. The third kappa shape index (κ3) is 1.67. The molecule has 3 N–H and O–H groups in total. The van der Waals surface area contributed by atoms with Crippen LogP contribution in [0, 0.1) is 0 Å². The van der Waals surface area contributed by atoms with Crippen molar-refractivity contribution in [1.82, 2.24) is 5.23 Å². The number of nitrogens with two attached hydrogens (primary N) is 1. The fourth-order valence-corrected chi connectivity index (χ4v) is 1.45. The lowest BCUT2D eigenvalue weighted by Crippen LogP contribution is -2.22. The van der Waals surface area contributed by atoms with E-state index < -0.39 is 0 Å². The minimum absolute atomic E-state index is 0.130. The first-order chi connectivity index (χ1) is 6.66. The molecule has 2 rings (SSSR count). The van der Waals surface area contributed by atoms with E-state index in [0.717, 1.165) is 10.2 Å². The molecular formula is C8H8BrN3O2. The molecular weight excluding hydrogens is 250 g/mol. The van der Waals surface area contributed by atoms with Crippen molar-refractivity contribution in [3.8, 4) is 0 Å². The molecule has 6 heteroatoms. The zero-order valence-electron chi connectivity index (χ0n) is 7.09. The Hall–Kier alpha value is -1.24. The Bertz CT molecular complexity index is 383. The standard InChI is InChI=1S/C8H8BrN3O2/c9-6-2-1-3-7(4-6)11-5-8(10)12(13)14-11/h1-5,13H,10H2. The van der Waals surface area contributed by atoms with E-state index in [9.17, 15) is 0 Å². The Labute approximate surface area is 89.0 Å². The van der Waals surface area contributed by atoms with Gasteiger partial charge in [0.1, 0.15) is 0 Å². The van der Waals surface area contributed by atoms with Gasteiger partial charge in [-0.15, -0.1) is 4.94 Å². The lowest BCUT2D eigenvalue weighted by atomic mass is 10.3. The Morgan fingerprint density at radius 3 is 2.79 bits per heavy atom. The maximum absolute atomic E-state index is 9.06. The Morgan fingerprint density at radius 2 is 2.21 bits per heavy atom. The lowest BCUT2D eigenvalue weighted by Gasteiger charge is -2.15. The van der Waals surface area contributed by atoms with Crippen LogP contribution in [0.25, 0.3) is 0 Å². The van der Waals surface area contributed by atoms with E-state index in [2.05, 4.69) is 15.9 Å². The third-order valence-corrected chi connectivity index (χ3v) is 2.19. The molecule has 1 aliphatic heterocycles. The molecule has 0 amide bonds. The van der Waals surface area contributed by atoms with Gasteiger partial charge < -0.3 is 5.73 Å². The van der Waals surface area contributed by atoms with Crippen molar-refractivity contribution in [3.05, 3.63) is 40.8 Å². The normalized spacial score (nSPS) is 16.0. The molecule has 0 bridgehead atoms. The fraction of sp³-hybridized carbons (Fsp3) is 0. The topological polar surface area (TPSA) is 62.0 Å². The lowest BCUT2D eigenvalue weighted by molar-refractivity contribution is -0.304. The summed E-state index contributed by atoms with van der Waals surface area (Å²) in [6, 6.07) is 7.41. The van der Waals surface area contributed by atoms with Gasteiger partial charge in [-0.25, -0.2) is 0 Å². The zero-order chi connectivity index (χ0) is 10.1. The Kier molecular flexibility index (Phi) is 2.32. The fourth-order valence-electron chi connectivity index (χ4n) is 1.06. The van der Waals surface area contributed by atoms with Crippen LogP contribution in [0.1, 0.15) is 0 Å². The minimum Gasteiger partial charge on any atom is -0.380 e. The largest absolute Gasteiger partial charge is 0.380 e. The molecule has 0 aliphatic carbocycles. The molecule has 1 heterocycles. The number of halogens is 1. The maximum atomic E-state index is 9.06. The number of anilines is 1. The van der Waals surface area contributed by atoms with Gasteiger partial charge in [-0.3, -0.25) is 5.21 Å². The second-order valence-electron chi connectivity index (χ2n) is 2.71. The number of hydrogen-bond acceptors (Lipinski definition) is 5. The highest BCUT2D eigenvalue weighted by Crippen LogP contribution is 2.24. The van der Waals surface area contributed by atoms with E-state index in [1.165, 1.54) is 11.3 Å². The van der Waals surface area contributed by atoms with Crippen LogP contribution in [-0.4, -0.2) is 10.4 Å². The highest BCUT2D eigenvalue weighted by atomic mass is 79.9. The van der Waals surface area contributed by atoms with Crippen LogP contribution in [0.15, 0.2) is 40.8 Å². The van der Waals surface area contributed by atoms with Gasteiger partial charge >= 0.3 is 0 Å². The molecule has 0 saturated heterocycles. The van der Waals surface area contributed by atoms with E-state index in [-0.39, 0.29) is 5.82 Å². The predicted molar refractivity (Wildman–Crippen MR) is 53.6 cm³/mol. The first-order valence-corrected chi connectivity index (χ1v) is 4.65. The van der Waals surface area contributed by atoms with Crippen LogP contribution in [0.2, 0.25) is 0 Å². The predicted octanol–water partition coefficient (Wildman–Crippen LogP) is 1.56. The third-order valence-electron chi connectivity index (χ3n) is 1.70. The molecule has 0 saturated carbocycles. The second kappa shape index (κ2) is 3.49. The van der Waals surface area contributed by atoms with E-state index in [1.807, 2.05) is 24.3 Å². The number of nitrogens with zero attached hydrogens (tertiary/aromatic N) is 2. The van der Waals surface area contributed by atoms with Crippen molar-refractivity contribution in [1.29, 1.82) is 0 Å². The summed E-state index contributed by atoms with van der Waals surface area (Å²) < 4.78 is 0.918. The van der Waals surface area contributed by atoms with Gasteiger partial charge in [-0.1, -0.05) is 27.2 Å². The number of rotatable bonds is 1. The summed E-state index contributed by atoms with van der Waals surface area (Å²) in [4.78, 5) is 4.90. The second-order valence-corrected chi connectivity index (χ2v) is 3.63. The van der Waals surface area contributed by atoms with Crippen molar-refractivity contribution in [2.24, 2.45) is 5.73 Å².